The van der Waals surface area contributed by atoms with Crippen molar-refractivity contribution in [2.45, 2.75) is 51.9 Å². The molecule has 2 aromatic carbocycles. The lowest BCUT2D eigenvalue weighted by Crippen LogP contribution is -2.27. The minimum Gasteiger partial charge on any atom is -0.506 e. The largest absolute Gasteiger partial charge is 0.506 e. The predicted octanol–water partition coefficient (Wildman–Crippen LogP) is 7.95. The Morgan fingerprint density at radius 2 is 1.18 bits per heavy atom. The molecule has 0 saturated carbocycles. The smallest absolute Gasteiger partial charge is 0.276 e. The van der Waals surface area contributed by atoms with Crippen LogP contribution in [0.25, 0.3) is 22.3 Å². The van der Waals surface area contributed by atoms with E-state index in [1.807, 2.05) is 0 Å². The van der Waals surface area contributed by atoms with Crippen molar-refractivity contribution < 1.29 is 18.6 Å². The molecule has 0 aliphatic carbocycles. The molecule has 4 heterocycles. The van der Waals surface area contributed by atoms with Crippen LogP contribution < -0.4 is 15.9 Å². The molecule has 0 fully saturated rings. The van der Waals surface area contributed by atoms with Crippen LogP contribution >= 0.6 is 58.0 Å². The molecule has 0 amide bonds. The zero-order valence-electron chi connectivity index (χ0n) is 23.0. The van der Waals surface area contributed by atoms with E-state index in [4.69, 9.17) is 62.7 Å². The maximum absolute atomic E-state index is 14.4. The van der Waals surface area contributed by atoms with Crippen LogP contribution in [-0.4, -0.2) is 30.4 Å². The molecule has 0 atom stereocenters. The molecule has 0 spiro atoms. The molecule has 2 aromatic heterocycles. The van der Waals surface area contributed by atoms with Crippen LogP contribution in [0.2, 0.25) is 20.4 Å². The maximum Gasteiger partial charge on any atom is 0.276 e. The fourth-order valence-electron chi connectivity index (χ4n) is 5.22. The van der Waals surface area contributed by atoms with E-state index < -0.39 is 11.6 Å². The van der Waals surface area contributed by atoms with Crippen LogP contribution in [-0.2, 0) is 26.2 Å². The van der Waals surface area contributed by atoms with Crippen molar-refractivity contribution in [3.63, 3.8) is 0 Å². The predicted molar refractivity (Wildman–Crippen MR) is 169 cm³/mol. The van der Waals surface area contributed by atoms with E-state index in [9.17, 15) is 23.5 Å². The van der Waals surface area contributed by atoms with Crippen LogP contribution in [0.4, 0.5) is 8.78 Å². The van der Waals surface area contributed by atoms with Crippen LogP contribution in [0.15, 0.2) is 45.5 Å². The van der Waals surface area contributed by atoms with Crippen molar-refractivity contribution in [2.24, 2.45) is 0 Å². The summed E-state index contributed by atoms with van der Waals surface area (Å²) in [5.41, 5.74) is -0.473. The van der Waals surface area contributed by atoms with Gasteiger partial charge in [-0.1, -0.05) is 64.6 Å². The minimum atomic E-state index is -0.685. The number of fused-ring (bicyclic) bond motifs is 2. The van der Waals surface area contributed by atoms with Crippen molar-refractivity contribution in [3.8, 4) is 33.8 Å². The van der Waals surface area contributed by atoms with E-state index >= 15 is 0 Å². The Kier molecular flexibility index (Phi) is 9.77. The molecule has 2 aliphatic rings. The Hall–Kier alpha value is -2.89. The summed E-state index contributed by atoms with van der Waals surface area (Å²) in [6.07, 6.45) is 3.60. The molecule has 0 bridgehead atoms. The van der Waals surface area contributed by atoms with Gasteiger partial charge in [0, 0.05) is 42.3 Å². The average molecular weight is 709 g/mol. The van der Waals surface area contributed by atoms with E-state index in [-0.39, 0.29) is 76.9 Å². The number of aromatic hydroxyl groups is 1. The Labute approximate surface area is 275 Å². The summed E-state index contributed by atoms with van der Waals surface area (Å²) < 4.78 is 40.2. The van der Waals surface area contributed by atoms with Gasteiger partial charge in [-0.2, -0.15) is 0 Å². The Bertz CT molecular complexity index is 1900. The molecule has 8 nitrogen and oxygen atoms in total. The first-order valence-corrected chi connectivity index (χ1v) is 15.4. The summed E-state index contributed by atoms with van der Waals surface area (Å²) in [6, 6.07) is 4.57. The fraction of sp³-hybridized carbons (Fsp3) is 0.310. The molecule has 0 unspecified atom stereocenters. The SMILES string of the molecule is C=C(Cl)COc1cc(-c2c(Cl)n3n(c2=O)CCCC3)c(F)cc1Cl.O=c1c(-c2cc(O)c(Cl)cc2F)c(Cl)n2n1CCCC2. The summed E-state index contributed by atoms with van der Waals surface area (Å²) in [7, 11) is 0. The van der Waals surface area contributed by atoms with Crippen molar-refractivity contribution >= 4 is 58.0 Å². The van der Waals surface area contributed by atoms with Gasteiger partial charge < -0.3 is 9.84 Å². The van der Waals surface area contributed by atoms with Gasteiger partial charge in [0.2, 0.25) is 0 Å². The standard InChI is InChI=1S/C16H14Cl3FN2O2.C13H11Cl2FN2O2/c1-9(17)8-24-13-6-10(12(20)7-11(13)18)14-15(19)21-4-2-3-5-22(21)16(14)23;14-8-6-9(16)7(5-10(8)19)11-12(15)17-3-1-2-4-18(17)13(11)20/h6-7H,1-5,8H2;5-6,19H,1-4H2. The number of hydrogen-bond donors (Lipinski definition) is 1. The topological polar surface area (TPSA) is 83.3 Å². The third-order valence-corrected chi connectivity index (χ3v) is 8.78. The lowest BCUT2D eigenvalue weighted by Gasteiger charge is -2.17. The number of phenolic OH excluding ortho intramolecular Hbond substituents is 1. The van der Waals surface area contributed by atoms with Gasteiger partial charge in [-0.25, -0.2) is 18.1 Å². The number of hydrogen-bond acceptors (Lipinski definition) is 4. The quantitative estimate of drug-likeness (QED) is 0.228. The van der Waals surface area contributed by atoms with Gasteiger partial charge in [-0.05, 0) is 49.9 Å². The number of phenols is 1. The van der Waals surface area contributed by atoms with Crippen LogP contribution in [0.5, 0.6) is 11.5 Å². The van der Waals surface area contributed by atoms with Gasteiger partial charge >= 0.3 is 0 Å². The van der Waals surface area contributed by atoms with E-state index in [1.54, 1.807) is 9.36 Å². The maximum atomic E-state index is 14.4. The minimum absolute atomic E-state index is 0.0192. The van der Waals surface area contributed by atoms with Gasteiger partial charge in [-0.15, -0.1) is 0 Å². The van der Waals surface area contributed by atoms with Crippen molar-refractivity contribution in [3.05, 3.63) is 88.6 Å². The molecular formula is C29H25Cl5F2N4O4. The molecule has 0 saturated heterocycles. The number of halogens is 7. The number of rotatable bonds is 5. The molecule has 6 rings (SSSR count). The number of aromatic nitrogens is 4. The van der Waals surface area contributed by atoms with Crippen molar-refractivity contribution in [1.29, 1.82) is 0 Å². The third kappa shape index (κ3) is 6.15. The first kappa shape index (κ1) is 32.5. The van der Waals surface area contributed by atoms with Crippen LogP contribution in [0.3, 0.4) is 0 Å². The molecule has 1 N–H and O–H groups in total. The second-order valence-electron chi connectivity index (χ2n) is 10.2. The van der Waals surface area contributed by atoms with Gasteiger partial charge in [0.15, 0.2) is 0 Å². The van der Waals surface area contributed by atoms with Crippen LogP contribution in [0.1, 0.15) is 25.7 Å². The first-order chi connectivity index (χ1) is 20.9. The Morgan fingerprint density at radius 3 is 1.64 bits per heavy atom. The summed E-state index contributed by atoms with van der Waals surface area (Å²) in [5, 5.41) is 10.3. The monoisotopic (exact) mass is 706 g/mol. The summed E-state index contributed by atoms with van der Waals surface area (Å²) in [6.45, 7) is 5.89. The average Bonchev–Trinajstić information content (AvgIpc) is 3.39. The fourth-order valence-corrected chi connectivity index (χ4v) is 6.35. The third-order valence-electron chi connectivity index (χ3n) is 7.31. The van der Waals surface area contributed by atoms with Crippen molar-refractivity contribution in [2.75, 3.05) is 6.61 Å². The molecule has 44 heavy (non-hydrogen) atoms. The van der Waals surface area contributed by atoms with E-state index in [0.717, 1.165) is 43.9 Å². The lowest BCUT2D eigenvalue weighted by atomic mass is 10.1. The van der Waals surface area contributed by atoms with Gasteiger partial charge in [0.05, 0.1) is 21.2 Å². The van der Waals surface area contributed by atoms with Gasteiger partial charge in [0.1, 0.15) is 40.0 Å². The van der Waals surface area contributed by atoms with E-state index in [1.165, 1.54) is 15.4 Å². The van der Waals surface area contributed by atoms with Gasteiger partial charge in [-0.3, -0.25) is 19.0 Å². The summed E-state index contributed by atoms with van der Waals surface area (Å²) in [4.78, 5) is 25.0. The Morgan fingerprint density at radius 1 is 0.750 bits per heavy atom. The van der Waals surface area contributed by atoms with Crippen LogP contribution in [0, 0.1) is 11.6 Å². The Balaban J connectivity index is 0.000000177. The normalized spacial score (nSPS) is 14.0. The zero-order valence-corrected chi connectivity index (χ0v) is 26.8. The number of benzene rings is 2. The zero-order chi connectivity index (χ0) is 31.9. The summed E-state index contributed by atoms with van der Waals surface area (Å²) in [5.74, 6) is -1.40. The number of ether oxygens (including phenoxy) is 1. The molecule has 0 radical (unpaired) electrons. The van der Waals surface area contributed by atoms with E-state index in [0.29, 0.717) is 26.2 Å². The summed E-state index contributed by atoms with van der Waals surface area (Å²) >= 11 is 29.9. The molecule has 15 heteroatoms. The second kappa shape index (κ2) is 13.2. The van der Waals surface area contributed by atoms with Gasteiger partial charge in [0.25, 0.3) is 11.1 Å². The lowest BCUT2D eigenvalue weighted by molar-refractivity contribution is 0.356. The number of nitrogens with zero attached hydrogens (tertiary/aromatic N) is 4. The molecule has 234 valence electrons. The highest BCUT2D eigenvalue weighted by Gasteiger charge is 2.26. The highest BCUT2D eigenvalue weighted by Crippen LogP contribution is 2.37. The highest BCUT2D eigenvalue weighted by atomic mass is 35.5. The first-order valence-electron chi connectivity index (χ1n) is 13.5. The highest BCUT2D eigenvalue weighted by molar-refractivity contribution is 6.34. The second-order valence-corrected chi connectivity index (χ2v) is 12.3. The molecular weight excluding hydrogens is 684 g/mol. The van der Waals surface area contributed by atoms with E-state index in [2.05, 4.69) is 6.58 Å². The van der Waals surface area contributed by atoms with Crippen molar-refractivity contribution in [1.82, 2.24) is 18.7 Å². The molecule has 2 aliphatic heterocycles. The molecule has 4 aromatic rings.